The molecule has 110 valence electrons. The number of amides is 1. The number of aliphatic hydroxyl groups excluding tert-OH is 1. The van der Waals surface area contributed by atoms with Crippen LogP contribution in [0.15, 0.2) is 18.2 Å². The van der Waals surface area contributed by atoms with Gasteiger partial charge >= 0.3 is 0 Å². The van der Waals surface area contributed by atoms with E-state index >= 15 is 0 Å². The van der Waals surface area contributed by atoms with Crippen LogP contribution in [0.4, 0.5) is 5.69 Å². The Morgan fingerprint density at radius 1 is 1.45 bits per heavy atom. The van der Waals surface area contributed by atoms with E-state index in [0.717, 1.165) is 11.1 Å². The minimum atomic E-state index is -3.17. The summed E-state index contributed by atoms with van der Waals surface area (Å²) in [6.07, 6.45) is 1.32. The number of benzene rings is 1. The first-order valence-electron chi connectivity index (χ1n) is 6.58. The van der Waals surface area contributed by atoms with Crippen molar-refractivity contribution in [2.75, 3.05) is 17.3 Å². The molecule has 1 aromatic carbocycles. The topological polar surface area (TPSA) is 83.5 Å². The summed E-state index contributed by atoms with van der Waals surface area (Å²) in [5.74, 6) is -0.589. The lowest BCUT2D eigenvalue weighted by atomic mass is 10.0. The van der Waals surface area contributed by atoms with Gasteiger partial charge in [0.1, 0.15) is 9.84 Å². The van der Waals surface area contributed by atoms with Crippen LogP contribution < -0.4 is 5.32 Å². The fraction of sp³-hybridized carbons (Fsp3) is 0.500. The van der Waals surface area contributed by atoms with Crippen molar-refractivity contribution in [2.24, 2.45) is 0 Å². The van der Waals surface area contributed by atoms with E-state index in [9.17, 15) is 18.3 Å². The molecule has 2 atom stereocenters. The fourth-order valence-corrected chi connectivity index (χ4v) is 3.61. The van der Waals surface area contributed by atoms with E-state index in [2.05, 4.69) is 5.32 Å². The molecule has 20 heavy (non-hydrogen) atoms. The molecule has 0 aromatic heterocycles. The van der Waals surface area contributed by atoms with Crippen molar-refractivity contribution in [3.05, 3.63) is 29.3 Å². The Morgan fingerprint density at radius 3 is 2.75 bits per heavy atom. The zero-order valence-electron chi connectivity index (χ0n) is 11.6. The Labute approximate surface area is 118 Å². The lowest BCUT2D eigenvalue weighted by Crippen LogP contribution is -2.21. The Hall–Kier alpha value is -1.40. The molecule has 1 aliphatic carbocycles. The molecule has 1 aromatic rings. The van der Waals surface area contributed by atoms with E-state index in [1.807, 2.05) is 6.07 Å². The summed E-state index contributed by atoms with van der Waals surface area (Å²) in [6, 6.07) is 5.39. The molecule has 5 nitrogen and oxygen atoms in total. The summed E-state index contributed by atoms with van der Waals surface area (Å²) in [5.41, 5.74) is 2.40. The molecule has 0 saturated heterocycles. The van der Waals surface area contributed by atoms with E-state index in [0.29, 0.717) is 18.5 Å². The van der Waals surface area contributed by atoms with Gasteiger partial charge in [-0.05, 0) is 29.7 Å². The molecular formula is C14H19NO4S. The van der Waals surface area contributed by atoms with Crippen molar-refractivity contribution >= 4 is 21.4 Å². The normalized spacial score (nSPS) is 21.6. The van der Waals surface area contributed by atoms with Gasteiger partial charge in [0.15, 0.2) is 0 Å². The summed E-state index contributed by atoms with van der Waals surface area (Å²) < 4.78 is 22.9. The molecule has 0 radical (unpaired) electrons. The zero-order chi connectivity index (χ0) is 14.9. The highest BCUT2D eigenvalue weighted by molar-refractivity contribution is 7.90. The predicted octanol–water partition coefficient (Wildman–Crippen LogP) is 1.08. The minimum absolute atomic E-state index is 0.0770. The number of carbonyl (C=O) groups is 1. The van der Waals surface area contributed by atoms with E-state index in [4.69, 9.17) is 0 Å². The van der Waals surface area contributed by atoms with Crippen LogP contribution in [0.5, 0.6) is 0 Å². The first kappa shape index (κ1) is 15.0. The molecule has 1 amide bonds. The summed E-state index contributed by atoms with van der Waals surface area (Å²) in [7, 11) is -3.17. The third-order valence-electron chi connectivity index (χ3n) is 3.53. The van der Waals surface area contributed by atoms with Crippen LogP contribution >= 0.6 is 0 Å². The highest BCUT2D eigenvalue weighted by Gasteiger charge is 2.33. The Morgan fingerprint density at radius 2 is 2.15 bits per heavy atom. The second kappa shape index (κ2) is 5.54. The van der Waals surface area contributed by atoms with Crippen LogP contribution in [-0.2, 0) is 21.1 Å². The van der Waals surface area contributed by atoms with Crippen LogP contribution in [0.25, 0.3) is 0 Å². The average Bonchev–Trinajstić information content (AvgIpc) is 2.64. The summed E-state index contributed by atoms with van der Waals surface area (Å²) in [4.78, 5) is 11.4. The van der Waals surface area contributed by atoms with Gasteiger partial charge in [-0.25, -0.2) is 8.42 Å². The van der Waals surface area contributed by atoms with Gasteiger partial charge in [-0.15, -0.1) is 0 Å². The van der Waals surface area contributed by atoms with Gasteiger partial charge in [0.25, 0.3) is 0 Å². The second-order valence-electron chi connectivity index (χ2n) is 5.29. The third-order valence-corrected chi connectivity index (χ3v) is 4.49. The van der Waals surface area contributed by atoms with Gasteiger partial charge in [0, 0.05) is 24.3 Å². The second-order valence-corrected chi connectivity index (χ2v) is 7.47. The standard InChI is InChI=1S/C14H19NO4S/c1-3-14(17)15-10-5-4-9-6-13(16)12(11(9)7-10)8-20(2,18)19/h4-5,7,12-13,16H,3,6,8H2,1-2H3,(H,15,17). The number of fused-ring (bicyclic) bond motifs is 1. The number of carbonyl (C=O) groups excluding carboxylic acids is 1. The fourth-order valence-electron chi connectivity index (χ4n) is 2.55. The Bertz CT molecular complexity index is 624. The van der Waals surface area contributed by atoms with Crippen molar-refractivity contribution in [2.45, 2.75) is 31.8 Å². The summed E-state index contributed by atoms with van der Waals surface area (Å²) >= 11 is 0. The number of sulfone groups is 1. The van der Waals surface area contributed by atoms with Crippen LogP contribution in [0, 0.1) is 0 Å². The van der Waals surface area contributed by atoms with Crippen molar-refractivity contribution in [1.29, 1.82) is 0 Å². The highest BCUT2D eigenvalue weighted by atomic mass is 32.2. The lowest BCUT2D eigenvalue weighted by molar-refractivity contribution is -0.115. The van der Waals surface area contributed by atoms with Crippen LogP contribution in [0.2, 0.25) is 0 Å². The number of nitrogens with one attached hydrogen (secondary N) is 1. The highest BCUT2D eigenvalue weighted by Crippen LogP contribution is 2.36. The molecule has 6 heteroatoms. The predicted molar refractivity (Wildman–Crippen MR) is 77.5 cm³/mol. The molecule has 0 spiro atoms. The maximum Gasteiger partial charge on any atom is 0.224 e. The molecule has 0 fully saturated rings. The SMILES string of the molecule is CCC(=O)Nc1ccc2c(c1)C(CS(C)(=O)=O)C(O)C2. The number of rotatable bonds is 4. The first-order valence-corrected chi connectivity index (χ1v) is 8.64. The van der Waals surface area contributed by atoms with E-state index in [1.54, 1.807) is 19.1 Å². The largest absolute Gasteiger partial charge is 0.392 e. The molecule has 0 bridgehead atoms. The number of hydrogen-bond acceptors (Lipinski definition) is 4. The van der Waals surface area contributed by atoms with Crippen molar-refractivity contribution in [1.82, 2.24) is 0 Å². The van der Waals surface area contributed by atoms with Crippen molar-refractivity contribution in [3.8, 4) is 0 Å². The molecule has 2 unspecified atom stereocenters. The Kier molecular flexibility index (Phi) is 4.15. The number of anilines is 1. The van der Waals surface area contributed by atoms with Crippen molar-refractivity contribution in [3.63, 3.8) is 0 Å². The molecule has 2 rings (SSSR count). The molecule has 2 N–H and O–H groups in total. The number of hydrogen-bond donors (Lipinski definition) is 2. The van der Waals surface area contributed by atoms with Gasteiger partial charge < -0.3 is 10.4 Å². The average molecular weight is 297 g/mol. The molecule has 0 aliphatic heterocycles. The lowest BCUT2D eigenvalue weighted by Gasteiger charge is -2.15. The summed E-state index contributed by atoms with van der Waals surface area (Å²) in [6.45, 7) is 1.76. The van der Waals surface area contributed by atoms with Gasteiger partial charge in [-0.2, -0.15) is 0 Å². The van der Waals surface area contributed by atoms with Gasteiger partial charge in [-0.3, -0.25) is 4.79 Å². The van der Waals surface area contributed by atoms with Crippen molar-refractivity contribution < 1.29 is 18.3 Å². The van der Waals surface area contributed by atoms with Gasteiger partial charge in [0.05, 0.1) is 11.9 Å². The van der Waals surface area contributed by atoms with Crippen LogP contribution in [0.1, 0.15) is 30.4 Å². The molecule has 0 heterocycles. The van der Waals surface area contributed by atoms with Gasteiger partial charge in [-0.1, -0.05) is 13.0 Å². The van der Waals surface area contributed by atoms with Crippen LogP contribution in [-0.4, -0.2) is 37.5 Å². The van der Waals surface area contributed by atoms with E-state index < -0.39 is 21.9 Å². The quantitative estimate of drug-likeness (QED) is 0.871. The molecule has 0 saturated carbocycles. The maximum atomic E-state index is 11.5. The van der Waals surface area contributed by atoms with E-state index in [1.165, 1.54) is 6.26 Å². The summed E-state index contributed by atoms with van der Waals surface area (Å²) in [5, 5.41) is 12.8. The smallest absolute Gasteiger partial charge is 0.224 e. The number of aliphatic hydroxyl groups is 1. The third kappa shape index (κ3) is 3.37. The monoisotopic (exact) mass is 297 g/mol. The van der Waals surface area contributed by atoms with E-state index in [-0.39, 0.29) is 11.7 Å². The van der Waals surface area contributed by atoms with Gasteiger partial charge in [0.2, 0.25) is 5.91 Å². The molecular weight excluding hydrogens is 278 g/mol. The van der Waals surface area contributed by atoms with Crippen LogP contribution in [0.3, 0.4) is 0 Å². The zero-order valence-corrected chi connectivity index (χ0v) is 12.4. The maximum absolute atomic E-state index is 11.5. The Balaban J connectivity index is 2.30. The minimum Gasteiger partial charge on any atom is -0.392 e. The first-order chi connectivity index (χ1) is 9.30. The molecule has 1 aliphatic rings.